The van der Waals surface area contributed by atoms with Gasteiger partial charge in [-0.1, -0.05) is 0 Å². The van der Waals surface area contributed by atoms with E-state index in [0.29, 0.717) is 0 Å². The summed E-state index contributed by atoms with van der Waals surface area (Å²) >= 11 is 0. The highest BCUT2D eigenvalue weighted by Crippen LogP contribution is 2.47. The predicted molar refractivity (Wildman–Crippen MR) is 83.5 cm³/mol. The van der Waals surface area contributed by atoms with Gasteiger partial charge in [-0.25, -0.2) is 16.2 Å². The molecule has 0 fully saturated rings. The van der Waals surface area contributed by atoms with Gasteiger partial charge in [-0.15, -0.1) is 0 Å². The summed E-state index contributed by atoms with van der Waals surface area (Å²) < 4.78 is 9.64. The Hall–Kier alpha value is -1.97. The Bertz CT molecular complexity index is 611. The fourth-order valence-electron chi connectivity index (χ4n) is 2.06. The Kier molecular flexibility index (Phi) is 6.96. The highest BCUT2D eigenvalue weighted by Gasteiger charge is 2.30. The van der Waals surface area contributed by atoms with Gasteiger partial charge in [-0.3, -0.25) is 4.34 Å². The monoisotopic (exact) mass is 318 g/mol. The van der Waals surface area contributed by atoms with Gasteiger partial charge in [-0.2, -0.15) is 10.5 Å². The Labute approximate surface area is 132 Å². The Balaban J connectivity index is 3.26. The summed E-state index contributed by atoms with van der Waals surface area (Å²) in [6, 6.07) is 4.30. The molecule has 0 spiro atoms. The molecule has 0 amide bonds. The van der Waals surface area contributed by atoms with Crippen LogP contribution in [0.25, 0.3) is 4.85 Å². The summed E-state index contributed by atoms with van der Waals surface area (Å²) in [6.45, 7) is 15.6. The molecule has 0 aromatic carbocycles. The van der Waals surface area contributed by atoms with Gasteiger partial charge >= 0.3 is 0 Å². The lowest BCUT2D eigenvalue weighted by atomic mass is 10.3. The number of imidazole rings is 1. The number of hydrogen-bond acceptors (Lipinski definition) is 5. The van der Waals surface area contributed by atoms with Crippen molar-refractivity contribution in [3.63, 3.8) is 0 Å². The third kappa shape index (κ3) is 4.03. The lowest BCUT2D eigenvalue weighted by Crippen LogP contribution is -2.35. The van der Waals surface area contributed by atoms with Crippen molar-refractivity contribution in [1.82, 2.24) is 14.0 Å². The van der Waals surface area contributed by atoms with Crippen LogP contribution < -0.4 is 0 Å². The van der Waals surface area contributed by atoms with Crippen molar-refractivity contribution in [2.24, 2.45) is 0 Å². The molecule has 0 saturated carbocycles. The van der Waals surface area contributed by atoms with Gasteiger partial charge in [0.15, 0.2) is 11.4 Å². The first-order valence-electron chi connectivity index (χ1n) is 6.90. The zero-order valence-corrected chi connectivity index (χ0v) is 14.1. The molecule has 1 aromatic heterocycles. The average molecular weight is 318 g/mol. The summed E-state index contributed by atoms with van der Waals surface area (Å²) in [5, 5.41) is 18.4. The average Bonchev–Trinajstić information content (AvgIpc) is 2.88. The second-order valence-corrected chi connectivity index (χ2v) is 6.70. The van der Waals surface area contributed by atoms with E-state index in [-0.39, 0.29) is 36.6 Å². The minimum atomic E-state index is -1.35. The predicted octanol–water partition coefficient (Wildman–Crippen LogP) is 2.76. The molecular formula is C14H19N6OP. The molecule has 1 rings (SSSR count). The van der Waals surface area contributed by atoms with Crippen molar-refractivity contribution in [3.05, 3.63) is 29.1 Å². The lowest BCUT2D eigenvalue weighted by molar-refractivity contribution is 0.255. The van der Waals surface area contributed by atoms with E-state index in [2.05, 4.69) is 14.5 Å². The normalized spacial score (nSPS) is 12.2. The van der Waals surface area contributed by atoms with Gasteiger partial charge in [0, 0.05) is 12.1 Å². The molecule has 7 nitrogen and oxygen atoms in total. The van der Waals surface area contributed by atoms with Crippen molar-refractivity contribution in [2.45, 2.75) is 39.8 Å². The summed E-state index contributed by atoms with van der Waals surface area (Å²) in [6.07, 6.45) is 1.47. The van der Waals surface area contributed by atoms with Crippen LogP contribution in [0.1, 0.15) is 39.1 Å². The first-order chi connectivity index (χ1) is 10.5. The molecule has 0 bridgehead atoms. The van der Waals surface area contributed by atoms with Crippen molar-refractivity contribution in [3.8, 4) is 12.1 Å². The van der Waals surface area contributed by atoms with Gasteiger partial charge in [0.05, 0.1) is 0 Å². The van der Waals surface area contributed by atoms with E-state index < -0.39 is 8.45 Å². The second-order valence-electron chi connectivity index (χ2n) is 5.05. The van der Waals surface area contributed by atoms with E-state index in [1.807, 2.05) is 39.8 Å². The maximum atomic E-state index is 9.32. The van der Waals surface area contributed by atoms with Crippen molar-refractivity contribution >= 4 is 8.45 Å². The highest BCUT2D eigenvalue weighted by molar-refractivity contribution is 7.48. The van der Waals surface area contributed by atoms with Crippen LogP contribution in [0.4, 0.5) is 0 Å². The molecule has 0 saturated heterocycles. The molecule has 1 unspecified atom stereocenters. The summed E-state index contributed by atoms with van der Waals surface area (Å²) in [5.41, 5.74) is 0.291. The largest absolute Gasteiger partial charge is 0.319 e. The van der Waals surface area contributed by atoms with Gasteiger partial charge in [0.25, 0.3) is 0 Å². The van der Waals surface area contributed by atoms with Gasteiger partial charge in [-0.05, 0) is 27.7 Å². The van der Waals surface area contributed by atoms with Crippen molar-refractivity contribution in [1.29, 1.82) is 10.5 Å². The van der Waals surface area contributed by atoms with Crippen LogP contribution in [0.15, 0.2) is 6.33 Å². The molecule has 22 heavy (non-hydrogen) atoms. The highest BCUT2D eigenvalue weighted by atomic mass is 31.2. The van der Waals surface area contributed by atoms with E-state index in [1.54, 1.807) is 4.34 Å². The fourth-order valence-corrected chi connectivity index (χ4v) is 4.02. The molecule has 0 radical (unpaired) electrons. The number of hydrogen-bond donors (Lipinski definition) is 0. The molecule has 0 N–H and O–H groups in total. The molecule has 0 aliphatic carbocycles. The molecule has 1 atom stereocenters. The Morgan fingerprint density at radius 2 is 2.00 bits per heavy atom. The molecule has 0 aliphatic heterocycles. The fraction of sp³-hybridized carbons (Fsp3) is 0.571. The molecule has 1 aromatic rings. The zero-order valence-electron chi connectivity index (χ0n) is 13.2. The van der Waals surface area contributed by atoms with Crippen LogP contribution in [0.3, 0.4) is 0 Å². The quantitative estimate of drug-likeness (QED) is 0.438. The van der Waals surface area contributed by atoms with Crippen LogP contribution >= 0.6 is 8.45 Å². The first kappa shape index (κ1) is 18.1. The summed E-state index contributed by atoms with van der Waals surface area (Å²) in [4.78, 5) is 7.27. The number of nitriles is 2. The minimum Gasteiger partial charge on any atom is -0.319 e. The number of rotatable bonds is 7. The van der Waals surface area contributed by atoms with Gasteiger partial charge in [0.1, 0.15) is 25.1 Å². The van der Waals surface area contributed by atoms with Crippen LogP contribution in [-0.4, -0.2) is 39.2 Å². The first-order valence-corrected chi connectivity index (χ1v) is 8.06. The molecule has 1 heterocycles. The summed E-state index contributed by atoms with van der Waals surface area (Å²) in [5.74, 6) is 0. The minimum absolute atomic E-state index is 0.0937. The second kappa shape index (κ2) is 8.47. The van der Waals surface area contributed by atoms with E-state index >= 15 is 0 Å². The van der Waals surface area contributed by atoms with Crippen LogP contribution in [0.5, 0.6) is 0 Å². The number of nitrogens with zero attached hydrogens (tertiary/aromatic N) is 6. The lowest BCUT2D eigenvalue weighted by Gasteiger charge is -2.36. The number of aromatic nitrogens is 2. The molecular weight excluding hydrogens is 299 g/mol. The van der Waals surface area contributed by atoms with E-state index in [1.165, 1.54) is 6.33 Å². The molecule has 116 valence electrons. The smallest absolute Gasteiger partial charge is 0.238 e. The third-order valence-corrected chi connectivity index (χ3v) is 5.22. The Morgan fingerprint density at radius 1 is 1.36 bits per heavy atom. The third-order valence-electron chi connectivity index (χ3n) is 2.81. The van der Waals surface area contributed by atoms with E-state index in [0.717, 1.165) is 0 Å². The topological polar surface area (TPSA) is 82.2 Å². The van der Waals surface area contributed by atoms with Crippen LogP contribution in [0, 0.1) is 29.2 Å². The molecule has 0 aliphatic rings. The van der Waals surface area contributed by atoms with Gasteiger partial charge < -0.3 is 9.37 Å². The summed E-state index contributed by atoms with van der Waals surface area (Å²) in [7, 11) is -1.35. The Morgan fingerprint density at radius 3 is 2.45 bits per heavy atom. The zero-order chi connectivity index (χ0) is 16.7. The van der Waals surface area contributed by atoms with Crippen LogP contribution in [0.2, 0.25) is 0 Å². The van der Waals surface area contributed by atoms with Gasteiger partial charge in [0.2, 0.25) is 15.0 Å². The maximum absolute atomic E-state index is 9.32. The standard InChI is InChI=1S/C14H19N6OP/c1-11(2)20(12(3)4)22(21-7-6-17-5)19-10-18-13(8-15)14(19)9-16/h10-12H,6-7H2,1-4H3. The van der Waals surface area contributed by atoms with Crippen molar-refractivity contribution < 1.29 is 4.52 Å². The van der Waals surface area contributed by atoms with E-state index in [9.17, 15) is 5.26 Å². The SMILES string of the molecule is [C-]#[N+]CCOP(N(C(C)C)C(C)C)n1cnc(C#N)c1C#N. The van der Waals surface area contributed by atoms with E-state index in [4.69, 9.17) is 16.4 Å². The van der Waals surface area contributed by atoms with Crippen molar-refractivity contribution in [2.75, 3.05) is 13.2 Å². The van der Waals surface area contributed by atoms with Crippen LogP contribution in [-0.2, 0) is 4.52 Å². The maximum Gasteiger partial charge on any atom is 0.238 e. The molecule has 8 heteroatoms.